The van der Waals surface area contributed by atoms with Crippen molar-refractivity contribution in [1.29, 1.82) is 0 Å². The maximum atomic E-state index is 12.6. The average molecular weight is 453 g/mol. The van der Waals surface area contributed by atoms with Crippen molar-refractivity contribution in [1.82, 2.24) is 0 Å². The van der Waals surface area contributed by atoms with Gasteiger partial charge in [0.05, 0.1) is 4.90 Å². The standard InChI is InChI=1S/C25H28N2O4S/c1-17(2)22-12-8-9-18(3)25(22)26-24(28)16-31-23-14-13-21(15-19(23)4)32(29,30)27-20-10-6-5-7-11-20/h5-15,17,27H,16H2,1-4H3,(H,26,28). The molecule has 3 aromatic rings. The lowest BCUT2D eigenvalue weighted by Gasteiger charge is -2.17. The second-order valence-electron chi connectivity index (χ2n) is 7.93. The minimum Gasteiger partial charge on any atom is -0.483 e. The third kappa shape index (κ3) is 5.68. The van der Waals surface area contributed by atoms with Crippen molar-refractivity contribution in [2.45, 2.75) is 38.5 Å². The second-order valence-corrected chi connectivity index (χ2v) is 9.61. The molecule has 1 amide bonds. The maximum absolute atomic E-state index is 12.6. The smallest absolute Gasteiger partial charge is 0.262 e. The number of carbonyl (C=O) groups excluding carboxylic acids is 1. The van der Waals surface area contributed by atoms with Crippen LogP contribution in [0, 0.1) is 13.8 Å². The summed E-state index contributed by atoms with van der Waals surface area (Å²) in [5.74, 6) is 0.447. The number of hydrogen-bond donors (Lipinski definition) is 2. The molecule has 168 valence electrons. The topological polar surface area (TPSA) is 84.5 Å². The lowest BCUT2D eigenvalue weighted by atomic mass is 9.98. The van der Waals surface area contributed by atoms with Gasteiger partial charge in [-0.25, -0.2) is 8.42 Å². The largest absolute Gasteiger partial charge is 0.483 e. The molecule has 6 nitrogen and oxygen atoms in total. The van der Waals surface area contributed by atoms with Gasteiger partial charge in [0.25, 0.3) is 15.9 Å². The Hall–Kier alpha value is -3.32. The second kappa shape index (κ2) is 9.87. The summed E-state index contributed by atoms with van der Waals surface area (Å²) >= 11 is 0. The number of aryl methyl sites for hydroxylation is 2. The first-order valence-corrected chi connectivity index (χ1v) is 11.9. The van der Waals surface area contributed by atoms with E-state index in [4.69, 9.17) is 4.74 Å². The van der Waals surface area contributed by atoms with Crippen molar-refractivity contribution >= 4 is 27.3 Å². The first-order valence-electron chi connectivity index (χ1n) is 10.4. The highest BCUT2D eigenvalue weighted by Gasteiger charge is 2.17. The average Bonchev–Trinajstić information content (AvgIpc) is 2.74. The van der Waals surface area contributed by atoms with E-state index in [0.29, 0.717) is 17.0 Å². The molecule has 0 aliphatic heterocycles. The molecule has 0 radical (unpaired) electrons. The van der Waals surface area contributed by atoms with E-state index in [9.17, 15) is 13.2 Å². The first-order chi connectivity index (χ1) is 15.2. The summed E-state index contributed by atoms with van der Waals surface area (Å²) in [7, 11) is -3.73. The molecule has 0 aliphatic rings. The Kier molecular flexibility index (Phi) is 7.20. The number of ether oxygens (including phenoxy) is 1. The molecule has 0 spiro atoms. The molecule has 0 atom stereocenters. The number of anilines is 2. The van der Waals surface area contributed by atoms with Crippen molar-refractivity contribution in [3.8, 4) is 5.75 Å². The molecule has 0 saturated heterocycles. The van der Waals surface area contributed by atoms with Crippen LogP contribution in [-0.2, 0) is 14.8 Å². The number of hydrogen-bond acceptors (Lipinski definition) is 4. The number of carbonyl (C=O) groups is 1. The summed E-state index contributed by atoms with van der Waals surface area (Å²) in [5, 5.41) is 2.94. The molecule has 32 heavy (non-hydrogen) atoms. The lowest BCUT2D eigenvalue weighted by Crippen LogP contribution is -2.22. The predicted octanol–water partition coefficient (Wildman–Crippen LogP) is 5.25. The normalized spacial score (nSPS) is 11.3. The number of sulfonamides is 1. The Morgan fingerprint density at radius 2 is 1.66 bits per heavy atom. The summed E-state index contributed by atoms with van der Waals surface area (Å²) < 4.78 is 33.5. The van der Waals surface area contributed by atoms with Crippen LogP contribution < -0.4 is 14.8 Å². The summed E-state index contributed by atoms with van der Waals surface area (Å²) in [5.41, 5.74) is 3.96. The lowest BCUT2D eigenvalue weighted by molar-refractivity contribution is -0.118. The van der Waals surface area contributed by atoms with E-state index in [0.717, 1.165) is 16.8 Å². The van der Waals surface area contributed by atoms with E-state index in [1.807, 2.05) is 31.2 Å². The van der Waals surface area contributed by atoms with Crippen molar-refractivity contribution in [2.24, 2.45) is 0 Å². The molecular weight excluding hydrogens is 424 g/mol. The molecule has 0 aromatic heterocycles. The van der Waals surface area contributed by atoms with Crippen LogP contribution in [0.15, 0.2) is 71.6 Å². The molecule has 0 fully saturated rings. The molecule has 0 unspecified atom stereocenters. The monoisotopic (exact) mass is 452 g/mol. The number of benzene rings is 3. The van der Waals surface area contributed by atoms with Gasteiger partial charge < -0.3 is 10.1 Å². The fourth-order valence-corrected chi connectivity index (χ4v) is 4.48. The first kappa shape index (κ1) is 23.3. The zero-order valence-electron chi connectivity index (χ0n) is 18.7. The Labute approximate surface area is 189 Å². The quantitative estimate of drug-likeness (QED) is 0.489. The van der Waals surface area contributed by atoms with Crippen molar-refractivity contribution in [3.05, 3.63) is 83.4 Å². The zero-order valence-corrected chi connectivity index (χ0v) is 19.5. The molecule has 0 aliphatic carbocycles. The zero-order chi connectivity index (χ0) is 23.3. The van der Waals surface area contributed by atoms with Crippen molar-refractivity contribution in [2.75, 3.05) is 16.6 Å². The minimum absolute atomic E-state index is 0.122. The summed E-state index contributed by atoms with van der Waals surface area (Å²) in [6, 6.07) is 19.2. The van der Waals surface area contributed by atoms with Crippen LogP contribution in [0.3, 0.4) is 0 Å². The number of rotatable bonds is 8. The van der Waals surface area contributed by atoms with E-state index in [1.165, 1.54) is 12.1 Å². The number of nitrogens with one attached hydrogen (secondary N) is 2. The Morgan fingerprint density at radius 3 is 2.31 bits per heavy atom. The van der Waals surface area contributed by atoms with Gasteiger partial charge in [0.2, 0.25) is 0 Å². The molecule has 3 rings (SSSR count). The molecule has 3 aromatic carbocycles. The Bertz CT molecular complexity index is 1210. The van der Waals surface area contributed by atoms with Gasteiger partial charge in [0, 0.05) is 11.4 Å². The van der Waals surface area contributed by atoms with Gasteiger partial charge in [-0.15, -0.1) is 0 Å². The van der Waals surface area contributed by atoms with E-state index < -0.39 is 10.0 Å². The van der Waals surface area contributed by atoms with Gasteiger partial charge >= 0.3 is 0 Å². The van der Waals surface area contributed by atoms with Crippen LogP contribution in [0.25, 0.3) is 0 Å². The van der Waals surface area contributed by atoms with Crippen LogP contribution >= 0.6 is 0 Å². The van der Waals surface area contributed by atoms with E-state index in [2.05, 4.69) is 23.9 Å². The molecule has 0 heterocycles. The molecular formula is C25H28N2O4S. The van der Waals surface area contributed by atoms with Crippen LogP contribution in [0.2, 0.25) is 0 Å². The van der Waals surface area contributed by atoms with Gasteiger partial charge in [-0.1, -0.05) is 50.2 Å². The molecule has 0 bridgehead atoms. The fraction of sp³-hybridized carbons (Fsp3) is 0.240. The van der Waals surface area contributed by atoms with Gasteiger partial charge in [-0.05, 0) is 66.8 Å². The molecule has 0 saturated carbocycles. The van der Waals surface area contributed by atoms with Gasteiger partial charge in [-0.3, -0.25) is 9.52 Å². The van der Waals surface area contributed by atoms with Gasteiger partial charge in [0.1, 0.15) is 5.75 Å². The fourth-order valence-electron chi connectivity index (χ4n) is 3.33. The molecule has 2 N–H and O–H groups in total. The van der Waals surface area contributed by atoms with Gasteiger partial charge in [0.15, 0.2) is 6.61 Å². The SMILES string of the molecule is Cc1cc(S(=O)(=O)Nc2ccccc2)ccc1OCC(=O)Nc1c(C)cccc1C(C)C. The van der Waals surface area contributed by atoms with Crippen LogP contribution in [0.5, 0.6) is 5.75 Å². The highest BCUT2D eigenvalue weighted by Crippen LogP contribution is 2.28. The Balaban J connectivity index is 1.67. The summed E-state index contributed by atoms with van der Waals surface area (Å²) in [4.78, 5) is 12.6. The Morgan fingerprint density at radius 1 is 0.938 bits per heavy atom. The minimum atomic E-state index is -3.73. The third-order valence-corrected chi connectivity index (χ3v) is 6.41. The van der Waals surface area contributed by atoms with Gasteiger partial charge in [-0.2, -0.15) is 0 Å². The number of para-hydroxylation sites is 2. The van der Waals surface area contributed by atoms with Crippen molar-refractivity contribution in [3.63, 3.8) is 0 Å². The van der Waals surface area contributed by atoms with Crippen LogP contribution in [-0.4, -0.2) is 20.9 Å². The van der Waals surface area contributed by atoms with E-state index >= 15 is 0 Å². The predicted molar refractivity (Wildman–Crippen MR) is 128 cm³/mol. The molecule has 7 heteroatoms. The van der Waals surface area contributed by atoms with E-state index in [1.54, 1.807) is 37.3 Å². The van der Waals surface area contributed by atoms with Crippen LogP contribution in [0.1, 0.15) is 36.5 Å². The maximum Gasteiger partial charge on any atom is 0.262 e. The third-order valence-electron chi connectivity index (χ3n) is 5.03. The van der Waals surface area contributed by atoms with E-state index in [-0.39, 0.29) is 23.3 Å². The highest BCUT2D eigenvalue weighted by atomic mass is 32.2. The summed E-state index contributed by atoms with van der Waals surface area (Å²) in [6.45, 7) is 7.67. The van der Waals surface area contributed by atoms with Crippen LogP contribution in [0.4, 0.5) is 11.4 Å². The highest BCUT2D eigenvalue weighted by molar-refractivity contribution is 7.92. The summed E-state index contributed by atoms with van der Waals surface area (Å²) in [6.07, 6.45) is 0. The number of amides is 1. The van der Waals surface area contributed by atoms with Crippen molar-refractivity contribution < 1.29 is 17.9 Å².